The van der Waals surface area contributed by atoms with Gasteiger partial charge in [0.25, 0.3) is 0 Å². The predicted molar refractivity (Wildman–Crippen MR) is 81.6 cm³/mol. The maximum absolute atomic E-state index is 11.7. The molecule has 0 saturated heterocycles. The summed E-state index contributed by atoms with van der Waals surface area (Å²) in [7, 11) is 0. The van der Waals surface area contributed by atoms with E-state index in [9.17, 15) is 4.79 Å². The molecule has 0 bridgehead atoms. The molecule has 5 nitrogen and oxygen atoms in total. The van der Waals surface area contributed by atoms with Crippen LogP contribution in [0.2, 0.25) is 0 Å². The van der Waals surface area contributed by atoms with Crippen LogP contribution in [0.3, 0.4) is 0 Å². The highest BCUT2D eigenvalue weighted by molar-refractivity contribution is 5.84. The van der Waals surface area contributed by atoms with Crippen LogP contribution >= 0.6 is 0 Å². The van der Waals surface area contributed by atoms with Gasteiger partial charge in [-0.05, 0) is 45.7 Å². The average molecular weight is 280 g/mol. The van der Waals surface area contributed by atoms with Crippen molar-refractivity contribution in [2.24, 2.45) is 5.73 Å². The molecule has 0 aliphatic heterocycles. The summed E-state index contributed by atoms with van der Waals surface area (Å²) < 4.78 is 2.04. The Hall–Kier alpha value is -1.36. The molecule has 0 fully saturated rings. The number of aryl methyl sites for hydroxylation is 2. The topological polar surface area (TPSA) is 72.9 Å². The summed E-state index contributed by atoms with van der Waals surface area (Å²) >= 11 is 0. The highest BCUT2D eigenvalue weighted by Crippen LogP contribution is 2.23. The van der Waals surface area contributed by atoms with E-state index < -0.39 is 5.54 Å². The summed E-state index contributed by atoms with van der Waals surface area (Å²) in [6.07, 6.45) is 2.49. The van der Waals surface area contributed by atoms with Gasteiger partial charge in [0.2, 0.25) is 5.91 Å². The first-order chi connectivity index (χ1) is 9.37. The van der Waals surface area contributed by atoms with Crippen molar-refractivity contribution in [3.63, 3.8) is 0 Å². The molecule has 1 aromatic heterocycles. The first-order valence-electron chi connectivity index (χ1n) is 7.50. The number of nitrogens with one attached hydrogen (secondary N) is 1. The molecule has 2 unspecified atom stereocenters. The number of amides is 1. The van der Waals surface area contributed by atoms with Crippen molar-refractivity contribution in [1.29, 1.82) is 0 Å². The number of hydrogen-bond acceptors (Lipinski definition) is 3. The van der Waals surface area contributed by atoms with Crippen molar-refractivity contribution < 1.29 is 4.79 Å². The van der Waals surface area contributed by atoms with Gasteiger partial charge in [-0.3, -0.25) is 9.48 Å². The van der Waals surface area contributed by atoms with Gasteiger partial charge in [0.05, 0.1) is 17.3 Å². The Balaban J connectivity index is 2.96. The van der Waals surface area contributed by atoms with Crippen molar-refractivity contribution >= 4 is 5.91 Å². The summed E-state index contributed by atoms with van der Waals surface area (Å²) in [6.45, 7) is 10.9. The summed E-state index contributed by atoms with van der Waals surface area (Å²) in [5, 5.41) is 7.84. The zero-order chi connectivity index (χ0) is 15.3. The molecule has 1 aromatic rings. The summed E-state index contributed by atoms with van der Waals surface area (Å²) in [4.78, 5) is 11.7. The Bertz CT molecular complexity index is 455. The van der Waals surface area contributed by atoms with Crippen LogP contribution in [0.1, 0.15) is 58.5 Å². The van der Waals surface area contributed by atoms with Crippen LogP contribution in [0.15, 0.2) is 6.07 Å². The Labute approximate surface area is 121 Å². The normalized spacial score (nSPS) is 15.8. The van der Waals surface area contributed by atoms with Gasteiger partial charge in [0.15, 0.2) is 0 Å². The Morgan fingerprint density at radius 1 is 1.45 bits per heavy atom. The fourth-order valence-electron chi connectivity index (χ4n) is 2.64. The fraction of sp³-hybridized carbons (Fsp3) is 0.733. The van der Waals surface area contributed by atoms with Crippen LogP contribution in [-0.2, 0) is 17.6 Å². The number of rotatable bonds is 8. The third kappa shape index (κ3) is 3.60. The molecule has 0 aliphatic carbocycles. The Kier molecular flexibility index (Phi) is 5.74. The molecule has 2 atom stereocenters. The Morgan fingerprint density at radius 3 is 2.55 bits per heavy atom. The van der Waals surface area contributed by atoms with E-state index in [1.54, 1.807) is 0 Å². The average Bonchev–Trinajstić information content (AvgIpc) is 2.82. The minimum Gasteiger partial charge on any atom is -0.368 e. The molecule has 0 aromatic carbocycles. The van der Waals surface area contributed by atoms with Crippen molar-refractivity contribution in [2.75, 3.05) is 6.54 Å². The molecule has 1 amide bonds. The van der Waals surface area contributed by atoms with Crippen molar-refractivity contribution in [2.45, 2.75) is 65.5 Å². The van der Waals surface area contributed by atoms with Crippen LogP contribution in [0.25, 0.3) is 0 Å². The SMILES string of the molecule is CCNC(C)(CC(C)n1nc(CC)cc1CC)C(N)=O. The van der Waals surface area contributed by atoms with Gasteiger partial charge in [0.1, 0.15) is 0 Å². The molecule has 5 heteroatoms. The molecule has 1 rings (SSSR count). The highest BCUT2D eigenvalue weighted by Gasteiger charge is 2.32. The molecule has 0 spiro atoms. The maximum Gasteiger partial charge on any atom is 0.237 e. The number of aromatic nitrogens is 2. The van der Waals surface area contributed by atoms with E-state index >= 15 is 0 Å². The minimum absolute atomic E-state index is 0.127. The zero-order valence-electron chi connectivity index (χ0n) is 13.4. The largest absolute Gasteiger partial charge is 0.368 e. The molecule has 0 aliphatic rings. The van der Waals surface area contributed by atoms with E-state index in [1.165, 1.54) is 5.69 Å². The molecular formula is C15H28N4O. The monoisotopic (exact) mass is 280 g/mol. The van der Waals surface area contributed by atoms with Crippen LogP contribution in [-0.4, -0.2) is 27.8 Å². The second-order valence-electron chi connectivity index (χ2n) is 5.56. The van der Waals surface area contributed by atoms with Crippen LogP contribution in [0, 0.1) is 0 Å². The predicted octanol–water partition coefficient (Wildman–Crippen LogP) is 1.81. The first kappa shape index (κ1) is 16.7. The van der Waals surface area contributed by atoms with Crippen LogP contribution < -0.4 is 11.1 Å². The number of carbonyl (C=O) groups excluding carboxylic acids is 1. The first-order valence-corrected chi connectivity index (χ1v) is 7.50. The summed E-state index contributed by atoms with van der Waals surface area (Å²) in [5.41, 5.74) is 7.16. The van der Waals surface area contributed by atoms with E-state index in [2.05, 4.69) is 37.3 Å². The highest BCUT2D eigenvalue weighted by atomic mass is 16.1. The number of nitrogens with zero attached hydrogens (tertiary/aromatic N) is 2. The van der Waals surface area contributed by atoms with Gasteiger partial charge in [0, 0.05) is 5.69 Å². The van der Waals surface area contributed by atoms with Crippen molar-refractivity contribution in [1.82, 2.24) is 15.1 Å². The van der Waals surface area contributed by atoms with E-state index in [1.807, 2.05) is 18.5 Å². The standard InChI is InChI=1S/C15H28N4O/c1-6-12-9-13(7-2)19(18-12)11(4)10-15(5,14(16)20)17-8-3/h9,11,17H,6-8,10H2,1-5H3,(H2,16,20). The second-order valence-corrected chi connectivity index (χ2v) is 5.56. The molecule has 0 radical (unpaired) electrons. The molecule has 3 N–H and O–H groups in total. The van der Waals surface area contributed by atoms with Crippen molar-refractivity contribution in [3.05, 3.63) is 17.5 Å². The van der Waals surface area contributed by atoms with Gasteiger partial charge in [-0.15, -0.1) is 0 Å². The molecule has 1 heterocycles. The molecular weight excluding hydrogens is 252 g/mol. The summed E-state index contributed by atoms with van der Waals surface area (Å²) in [5.74, 6) is -0.313. The lowest BCUT2D eigenvalue weighted by Gasteiger charge is -2.30. The van der Waals surface area contributed by atoms with E-state index in [-0.39, 0.29) is 11.9 Å². The van der Waals surface area contributed by atoms with E-state index in [0.29, 0.717) is 13.0 Å². The minimum atomic E-state index is -0.697. The number of nitrogens with two attached hydrogens (primary N) is 1. The third-order valence-corrected chi connectivity index (χ3v) is 3.82. The fourth-order valence-corrected chi connectivity index (χ4v) is 2.64. The molecule has 114 valence electrons. The van der Waals surface area contributed by atoms with Gasteiger partial charge in [-0.2, -0.15) is 5.10 Å². The smallest absolute Gasteiger partial charge is 0.237 e. The van der Waals surface area contributed by atoms with Crippen molar-refractivity contribution in [3.8, 4) is 0 Å². The van der Waals surface area contributed by atoms with Crippen LogP contribution in [0.5, 0.6) is 0 Å². The summed E-state index contributed by atoms with van der Waals surface area (Å²) in [6, 6.07) is 2.27. The van der Waals surface area contributed by atoms with Gasteiger partial charge in [-0.1, -0.05) is 20.8 Å². The Morgan fingerprint density at radius 2 is 2.10 bits per heavy atom. The maximum atomic E-state index is 11.7. The molecule has 0 saturated carbocycles. The second kappa shape index (κ2) is 6.88. The molecule has 20 heavy (non-hydrogen) atoms. The third-order valence-electron chi connectivity index (χ3n) is 3.82. The quantitative estimate of drug-likeness (QED) is 0.763. The zero-order valence-corrected chi connectivity index (χ0v) is 13.4. The van der Waals surface area contributed by atoms with Gasteiger partial charge >= 0.3 is 0 Å². The van der Waals surface area contributed by atoms with E-state index in [4.69, 9.17) is 5.73 Å². The lowest BCUT2D eigenvalue weighted by atomic mass is 9.92. The number of carbonyl (C=O) groups is 1. The number of hydrogen-bond donors (Lipinski definition) is 2. The van der Waals surface area contributed by atoms with E-state index in [0.717, 1.165) is 18.5 Å². The van der Waals surface area contributed by atoms with Gasteiger partial charge in [-0.25, -0.2) is 0 Å². The lowest BCUT2D eigenvalue weighted by molar-refractivity contribution is -0.124. The number of likely N-dealkylation sites (N-methyl/N-ethyl adjacent to an activating group) is 1. The number of primary amides is 1. The lowest BCUT2D eigenvalue weighted by Crippen LogP contribution is -2.54. The van der Waals surface area contributed by atoms with Crippen LogP contribution in [0.4, 0.5) is 0 Å². The van der Waals surface area contributed by atoms with Gasteiger partial charge < -0.3 is 11.1 Å².